The van der Waals surface area contributed by atoms with Gasteiger partial charge in [-0.25, -0.2) is 0 Å². The SMILES string of the molecule is O=Cc1nnc2ccccc2c1CO. The molecule has 2 rings (SSSR count). The van der Waals surface area contributed by atoms with Gasteiger partial charge in [-0.1, -0.05) is 18.2 Å². The summed E-state index contributed by atoms with van der Waals surface area (Å²) in [6, 6.07) is 7.26. The Labute approximate surface area is 80.2 Å². The van der Waals surface area contributed by atoms with Crippen molar-refractivity contribution in [3.63, 3.8) is 0 Å². The van der Waals surface area contributed by atoms with Crippen molar-refractivity contribution in [3.05, 3.63) is 35.5 Å². The zero-order chi connectivity index (χ0) is 9.97. The Morgan fingerprint density at radius 1 is 1.29 bits per heavy atom. The first kappa shape index (κ1) is 8.77. The fraction of sp³-hybridized carbons (Fsp3) is 0.100. The second-order valence-electron chi connectivity index (χ2n) is 2.86. The van der Waals surface area contributed by atoms with Gasteiger partial charge in [0.25, 0.3) is 0 Å². The van der Waals surface area contributed by atoms with Crippen LogP contribution in [0.1, 0.15) is 16.1 Å². The fourth-order valence-corrected chi connectivity index (χ4v) is 1.38. The molecule has 0 fully saturated rings. The molecule has 0 saturated carbocycles. The lowest BCUT2D eigenvalue weighted by atomic mass is 10.1. The molecule has 0 spiro atoms. The number of aliphatic hydroxyl groups excluding tert-OH is 1. The lowest BCUT2D eigenvalue weighted by Gasteiger charge is -2.03. The van der Waals surface area contributed by atoms with Gasteiger partial charge in [-0.3, -0.25) is 4.79 Å². The molecule has 70 valence electrons. The monoisotopic (exact) mass is 188 g/mol. The molecule has 1 heterocycles. The van der Waals surface area contributed by atoms with Gasteiger partial charge >= 0.3 is 0 Å². The van der Waals surface area contributed by atoms with E-state index in [-0.39, 0.29) is 12.3 Å². The second-order valence-corrected chi connectivity index (χ2v) is 2.86. The first-order chi connectivity index (χ1) is 6.86. The zero-order valence-corrected chi connectivity index (χ0v) is 7.34. The van der Waals surface area contributed by atoms with Gasteiger partial charge in [-0.2, -0.15) is 0 Å². The fourth-order valence-electron chi connectivity index (χ4n) is 1.38. The summed E-state index contributed by atoms with van der Waals surface area (Å²) >= 11 is 0. The quantitative estimate of drug-likeness (QED) is 0.712. The zero-order valence-electron chi connectivity index (χ0n) is 7.34. The van der Waals surface area contributed by atoms with Crippen LogP contribution in [0.15, 0.2) is 24.3 Å². The van der Waals surface area contributed by atoms with E-state index in [1.807, 2.05) is 18.2 Å². The van der Waals surface area contributed by atoms with E-state index in [4.69, 9.17) is 5.11 Å². The first-order valence-corrected chi connectivity index (χ1v) is 4.17. The highest BCUT2D eigenvalue weighted by Crippen LogP contribution is 2.17. The predicted octanol–water partition coefficient (Wildman–Crippen LogP) is 0.935. The molecule has 4 nitrogen and oxygen atoms in total. The number of nitrogens with zero attached hydrogens (tertiary/aromatic N) is 2. The summed E-state index contributed by atoms with van der Waals surface area (Å²) in [6.07, 6.45) is 0.602. The molecular formula is C10H8N2O2. The minimum absolute atomic E-state index is 0.200. The highest BCUT2D eigenvalue weighted by Gasteiger charge is 2.07. The standard InChI is InChI=1S/C10H8N2O2/c13-5-8-7-3-1-2-4-9(7)11-12-10(8)6-14/h1-4,6,13H,5H2. The van der Waals surface area contributed by atoms with Crippen molar-refractivity contribution in [2.75, 3.05) is 0 Å². The average molecular weight is 188 g/mol. The molecule has 0 saturated heterocycles. The van der Waals surface area contributed by atoms with E-state index in [9.17, 15) is 4.79 Å². The van der Waals surface area contributed by atoms with E-state index in [0.717, 1.165) is 5.39 Å². The minimum atomic E-state index is -0.204. The maximum atomic E-state index is 10.6. The van der Waals surface area contributed by atoms with Crippen LogP contribution in [0.5, 0.6) is 0 Å². The maximum absolute atomic E-state index is 10.6. The third kappa shape index (κ3) is 1.25. The van der Waals surface area contributed by atoms with Crippen LogP contribution in [0, 0.1) is 0 Å². The number of hydrogen-bond donors (Lipinski definition) is 1. The van der Waals surface area contributed by atoms with E-state index in [1.54, 1.807) is 6.07 Å². The molecule has 1 aromatic carbocycles. The molecule has 0 aliphatic heterocycles. The summed E-state index contributed by atoms with van der Waals surface area (Å²) in [5.74, 6) is 0. The number of fused-ring (bicyclic) bond motifs is 1. The maximum Gasteiger partial charge on any atom is 0.170 e. The van der Waals surface area contributed by atoms with Crippen molar-refractivity contribution in [1.29, 1.82) is 0 Å². The number of aldehydes is 1. The van der Waals surface area contributed by atoms with Crippen molar-refractivity contribution < 1.29 is 9.90 Å². The van der Waals surface area contributed by atoms with Crippen LogP contribution in [-0.2, 0) is 6.61 Å². The summed E-state index contributed by atoms with van der Waals surface area (Å²) in [6.45, 7) is -0.204. The third-order valence-corrected chi connectivity index (χ3v) is 2.07. The molecule has 0 aliphatic carbocycles. The molecule has 0 aliphatic rings. The van der Waals surface area contributed by atoms with E-state index >= 15 is 0 Å². The molecule has 0 radical (unpaired) electrons. The molecule has 0 unspecified atom stereocenters. The van der Waals surface area contributed by atoms with E-state index in [0.29, 0.717) is 17.4 Å². The number of carbonyl (C=O) groups excluding carboxylic acids is 1. The minimum Gasteiger partial charge on any atom is -0.392 e. The highest BCUT2D eigenvalue weighted by molar-refractivity contribution is 5.88. The van der Waals surface area contributed by atoms with Gasteiger partial charge in [0.2, 0.25) is 0 Å². The van der Waals surface area contributed by atoms with Crippen molar-refractivity contribution in [2.24, 2.45) is 0 Å². The average Bonchev–Trinajstić information content (AvgIpc) is 2.27. The van der Waals surface area contributed by atoms with Gasteiger partial charge < -0.3 is 5.11 Å². The number of rotatable bonds is 2. The number of aromatic nitrogens is 2. The van der Waals surface area contributed by atoms with Crippen LogP contribution in [0.4, 0.5) is 0 Å². The summed E-state index contributed by atoms with van der Waals surface area (Å²) in [7, 11) is 0. The summed E-state index contributed by atoms with van der Waals surface area (Å²) in [5, 5.41) is 17.5. The van der Waals surface area contributed by atoms with Crippen LogP contribution in [0.25, 0.3) is 10.9 Å². The first-order valence-electron chi connectivity index (χ1n) is 4.17. The van der Waals surface area contributed by atoms with Crippen molar-refractivity contribution in [2.45, 2.75) is 6.61 Å². The van der Waals surface area contributed by atoms with E-state index < -0.39 is 0 Å². The number of hydrogen-bond acceptors (Lipinski definition) is 4. The molecule has 2 aromatic rings. The van der Waals surface area contributed by atoms with Gasteiger partial charge in [-0.05, 0) is 6.07 Å². The van der Waals surface area contributed by atoms with Crippen LogP contribution < -0.4 is 0 Å². The normalized spacial score (nSPS) is 10.4. The Hall–Kier alpha value is -1.81. The van der Waals surface area contributed by atoms with Crippen molar-refractivity contribution in [1.82, 2.24) is 10.2 Å². The molecular weight excluding hydrogens is 180 g/mol. The van der Waals surface area contributed by atoms with Crippen LogP contribution >= 0.6 is 0 Å². The number of carbonyl (C=O) groups is 1. The topological polar surface area (TPSA) is 63.1 Å². The molecule has 14 heavy (non-hydrogen) atoms. The molecule has 0 amide bonds. The van der Waals surface area contributed by atoms with Gasteiger partial charge in [0.1, 0.15) is 5.69 Å². The lowest BCUT2D eigenvalue weighted by Crippen LogP contribution is -2.00. The van der Waals surface area contributed by atoms with Gasteiger partial charge in [0.05, 0.1) is 12.1 Å². The van der Waals surface area contributed by atoms with Crippen molar-refractivity contribution >= 4 is 17.2 Å². The van der Waals surface area contributed by atoms with Crippen LogP contribution in [0.3, 0.4) is 0 Å². The Balaban J connectivity index is 2.83. The van der Waals surface area contributed by atoms with Crippen LogP contribution in [-0.4, -0.2) is 21.6 Å². The second kappa shape index (κ2) is 3.51. The summed E-state index contributed by atoms with van der Waals surface area (Å²) in [5.41, 5.74) is 1.42. The van der Waals surface area contributed by atoms with Crippen molar-refractivity contribution in [3.8, 4) is 0 Å². The third-order valence-electron chi connectivity index (χ3n) is 2.07. The largest absolute Gasteiger partial charge is 0.392 e. The number of benzene rings is 1. The molecule has 4 heteroatoms. The van der Waals surface area contributed by atoms with Crippen LogP contribution in [0.2, 0.25) is 0 Å². The van der Waals surface area contributed by atoms with E-state index in [1.165, 1.54) is 0 Å². The van der Waals surface area contributed by atoms with E-state index in [2.05, 4.69) is 10.2 Å². The Kier molecular flexibility index (Phi) is 2.20. The summed E-state index contributed by atoms with van der Waals surface area (Å²) < 4.78 is 0. The molecule has 1 N–H and O–H groups in total. The Bertz CT molecular complexity index is 483. The smallest absolute Gasteiger partial charge is 0.170 e. The Morgan fingerprint density at radius 3 is 2.79 bits per heavy atom. The Morgan fingerprint density at radius 2 is 2.07 bits per heavy atom. The summed E-state index contributed by atoms with van der Waals surface area (Å²) in [4.78, 5) is 10.6. The van der Waals surface area contributed by atoms with Gasteiger partial charge in [0, 0.05) is 10.9 Å². The van der Waals surface area contributed by atoms with Gasteiger partial charge in [0.15, 0.2) is 6.29 Å². The molecule has 0 atom stereocenters. The highest BCUT2D eigenvalue weighted by atomic mass is 16.3. The predicted molar refractivity (Wildman–Crippen MR) is 50.8 cm³/mol. The molecule has 0 bridgehead atoms. The molecule has 1 aromatic heterocycles. The number of aliphatic hydroxyl groups is 1. The lowest BCUT2D eigenvalue weighted by molar-refractivity contribution is 0.111. The van der Waals surface area contributed by atoms with Gasteiger partial charge in [-0.15, -0.1) is 10.2 Å².